The van der Waals surface area contributed by atoms with E-state index in [2.05, 4.69) is 28.5 Å². The standard InChI is InChI=1S/C30H25N3O3S/c34-27(32-30-31-25(18-37-30)22-15-14-20-10-4-5-11-21(20)17-22)26(16-19-8-2-1-3-9-19)33-28(35)23-12-6-7-13-24(23)29(33)36/h1-3,6-9,12-15,17-18,26H,4-5,10-11,16H2,(H,31,32,34). The first-order valence-electron chi connectivity index (χ1n) is 12.5. The number of fused-ring (bicyclic) bond motifs is 2. The Morgan fingerprint density at radius 3 is 2.30 bits per heavy atom. The van der Waals surface area contributed by atoms with Crippen molar-refractivity contribution < 1.29 is 14.4 Å². The summed E-state index contributed by atoms with van der Waals surface area (Å²) in [5, 5.41) is 5.24. The maximum absolute atomic E-state index is 13.6. The molecule has 184 valence electrons. The second-order valence-electron chi connectivity index (χ2n) is 9.45. The quantitative estimate of drug-likeness (QED) is 0.348. The van der Waals surface area contributed by atoms with Gasteiger partial charge in [0.05, 0.1) is 16.8 Å². The van der Waals surface area contributed by atoms with Gasteiger partial charge in [0, 0.05) is 17.4 Å². The molecule has 0 spiro atoms. The third kappa shape index (κ3) is 4.47. The largest absolute Gasteiger partial charge is 0.300 e. The molecule has 0 fully saturated rings. The molecule has 1 aromatic heterocycles. The normalized spacial score (nSPS) is 15.3. The van der Waals surface area contributed by atoms with Gasteiger partial charge in [-0.3, -0.25) is 19.3 Å². The maximum atomic E-state index is 13.6. The van der Waals surface area contributed by atoms with E-state index in [1.165, 1.54) is 35.3 Å². The molecule has 7 heteroatoms. The van der Waals surface area contributed by atoms with E-state index in [1.807, 2.05) is 35.7 Å². The molecule has 2 heterocycles. The zero-order valence-corrected chi connectivity index (χ0v) is 21.0. The number of carbonyl (C=O) groups is 3. The average molecular weight is 508 g/mol. The van der Waals surface area contributed by atoms with Crippen LogP contribution in [0.3, 0.4) is 0 Å². The fraction of sp³-hybridized carbons (Fsp3) is 0.200. The smallest absolute Gasteiger partial charge is 0.262 e. The Morgan fingerprint density at radius 1 is 0.892 bits per heavy atom. The van der Waals surface area contributed by atoms with Crippen LogP contribution in [0.1, 0.15) is 50.2 Å². The number of nitrogens with one attached hydrogen (secondary N) is 1. The van der Waals surface area contributed by atoms with Crippen LogP contribution in [0.2, 0.25) is 0 Å². The van der Waals surface area contributed by atoms with Crippen molar-refractivity contribution >= 4 is 34.2 Å². The van der Waals surface area contributed by atoms with Gasteiger partial charge < -0.3 is 5.32 Å². The second-order valence-corrected chi connectivity index (χ2v) is 10.3. The summed E-state index contributed by atoms with van der Waals surface area (Å²) < 4.78 is 0. The van der Waals surface area contributed by atoms with Gasteiger partial charge >= 0.3 is 0 Å². The van der Waals surface area contributed by atoms with Crippen LogP contribution < -0.4 is 5.32 Å². The van der Waals surface area contributed by atoms with Gasteiger partial charge in [-0.25, -0.2) is 4.98 Å². The van der Waals surface area contributed by atoms with Gasteiger partial charge in [0.1, 0.15) is 6.04 Å². The summed E-state index contributed by atoms with van der Waals surface area (Å²) in [5.41, 5.74) is 6.10. The number of amides is 3. The molecular weight excluding hydrogens is 482 g/mol. The maximum Gasteiger partial charge on any atom is 0.262 e. The number of carbonyl (C=O) groups excluding carboxylic acids is 3. The van der Waals surface area contributed by atoms with Crippen molar-refractivity contribution in [2.75, 3.05) is 5.32 Å². The number of anilines is 1. The Balaban J connectivity index is 1.27. The highest BCUT2D eigenvalue weighted by Gasteiger charge is 2.42. The van der Waals surface area contributed by atoms with Gasteiger partial charge in [-0.1, -0.05) is 54.6 Å². The van der Waals surface area contributed by atoms with Crippen LogP contribution >= 0.6 is 11.3 Å². The van der Waals surface area contributed by atoms with Gasteiger partial charge in [-0.15, -0.1) is 11.3 Å². The zero-order chi connectivity index (χ0) is 25.4. The van der Waals surface area contributed by atoms with Crippen LogP contribution in [0, 0.1) is 0 Å². The van der Waals surface area contributed by atoms with E-state index in [4.69, 9.17) is 0 Å². The Bertz CT molecular complexity index is 1480. The van der Waals surface area contributed by atoms with E-state index >= 15 is 0 Å². The van der Waals surface area contributed by atoms with Crippen molar-refractivity contribution in [2.24, 2.45) is 0 Å². The number of rotatable bonds is 6. The summed E-state index contributed by atoms with van der Waals surface area (Å²) in [6, 6.07) is 21.5. The van der Waals surface area contributed by atoms with E-state index < -0.39 is 23.8 Å². The Labute approximate surface area is 219 Å². The van der Waals surface area contributed by atoms with E-state index in [0.717, 1.165) is 34.6 Å². The van der Waals surface area contributed by atoms with Gasteiger partial charge in [-0.05, 0) is 60.6 Å². The lowest BCUT2D eigenvalue weighted by Gasteiger charge is -2.25. The molecule has 0 bridgehead atoms. The highest BCUT2D eigenvalue weighted by molar-refractivity contribution is 7.14. The number of thiazole rings is 1. The molecule has 3 aromatic carbocycles. The second kappa shape index (κ2) is 9.75. The summed E-state index contributed by atoms with van der Waals surface area (Å²) in [4.78, 5) is 45.8. The molecule has 0 saturated carbocycles. The summed E-state index contributed by atoms with van der Waals surface area (Å²) in [6.07, 6.45) is 4.85. The summed E-state index contributed by atoms with van der Waals surface area (Å²) in [7, 11) is 0. The first kappa shape index (κ1) is 23.3. The van der Waals surface area contributed by atoms with E-state index in [-0.39, 0.29) is 6.42 Å². The first-order valence-corrected chi connectivity index (χ1v) is 13.4. The van der Waals surface area contributed by atoms with Crippen molar-refractivity contribution in [2.45, 2.75) is 38.1 Å². The van der Waals surface area contributed by atoms with Gasteiger partial charge in [0.15, 0.2) is 5.13 Å². The fourth-order valence-corrected chi connectivity index (χ4v) is 5.90. The molecule has 1 unspecified atom stereocenters. The van der Waals surface area contributed by atoms with Gasteiger partial charge in [0.2, 0.25) is 5.91 Å². The number of benzene rings is 3. The monoisotopic (exact) mass is 507 g/mol. The number of imide groups is 1. The fourth-order valence-electron chi connectivity index (χ4n) is 5.17. The van der Waals surface area contributed by atoms with E-state index in [1.54, 1.807) is 24.3 Å². The molecule has 1 N–H and O–H groups in total. The van der Waals surface area contributed by atoms with Crippen molar-refractivity contribution in [3.63, 3.8) is 0 Å². The lowest BCUT2D eigenvalue weighted by atomic mass is 9.90. The van der Waals surface area contributed by atoms with E-state index in [9.17, 15) is 14.4 Å². The highest BCUT2D eigenvalue weighted by Crippen LogP contribution is 2.31. The molecule has 1 aliphatic heterocycles. The van der Waals surface area contributed by atoms with Crippen LogP contribution in [0.25, 0.3) is 11.3 Å². The number of hydrogen-bond donors (Lipinski definition) is 1. The van der Waals surface area contributed by atoms with Crippen LogP contribution in [-0.2, 0) is 24.1 Å². The molecule has 0 radical (unpaired) electrons. The van der Waals surface area contributed by atoms with Crippen molar-refractivity contribution in [1.82, 2.24) is 9.88 Å². The minimum atomic E-state index is -1.01. The van der Waals surface area contributed by atoms with Crippen molar-refractivity contribution in [3.8, 4) is 11.3 Å². The Kier molecular flexibility index (Phi) is 6.14. The predicted molar refractivity (Wildman–Crippen MR) is 144 cm³/mol. The summed E-state index contributed by atoms with van der Waals surface area (Å²) in [5.74, 6) is -1.35. The lowest BCUT2D eigenvalue weighted by Crippen LogP contribution is -2.48. The Hall–Kier alpha value is -4.10. The average Bonchev–Trinajstić information content (AvgIpc) is 3.50. The Morgan fingerprint density at radius 2 is 1.57 bits per heavy atom. The van der Waals surface area contributed by atoms with Crippen molar-refractivity contribution in [1.29, 1.82) is 0 Å². The minimum Gasteiger partial charge on any atom is -0.300 e. The molecule has 1 atom stereocenters. The zero-order valence-electron chi connectivity index (χ0n) is 20.1. The molecule has 2 aliphatic rings. The SMILES string of the molecule is O=C(Nc1nc(-c2ccc3c(c2)CCCC3)cs1)C(Cc1ccccc1)N1C(=O)c2ccccc2C1=O. The minimum absolute atomic E-state index is 0.210. The molecule has 4 aromatic rings. The van der Waals surface area contributed by atoms with Gasteiger partial charge in [0.25, 0.3) is 11.8 Å². The highest BCUT2D eigenvalue weighted by atomic mass is 32.1. The molecular formula is C30H25N3O3S. The van der Waals surface area contributed by atoms with Gasteiger partial charge in [-0.2, -0.15) is 0 Å². The molecule has 1 aliphatic carbocycles. The van der Waals surface area contributed by atoms with Crippen LogP contribution in [-0.4, -0.2) is 33.6 Å². The third-order valence-corrected chi connectivity index (χ3v) is 7.85. The predicted octanol–water partition coefficient (Wildman–Crippen LogP) is 5.53. The molecule has 6 nitrogen and oxygen atoms in total. The van der Waals surface area contributed by atoms with Crippen LogP contribution in [0.4, 0.5) is 5.13 Å². The number of nitrogens with zero attached hydrogens (tertiary/aromatic N) is 2. The number of aromatic nitrogens is 1. The molecule has 6 rings (SSSR count). The summed E-state index contributed by atoms with van der Waals surface area (Å²) >= 11 is 1.33. The van der Waals surface area contributed by atoms with Crippen LogP contribution in [0.15, 0.2) is 78.2 Å². The van der Waals surface area contributed by atoms with Crippen molar-refractivity contribution in [3.05, 3.63) is 106 Å². The lowest BCUT2D eigenvalue weighted by molar-refractivity contribution is -0.119. The topological polar surface area (TPSA) is 79.4 Å². The molecule has 3 amide bonds. The number of hydrogen-bond acceptors (Lipinski definition) is 5. The molecule has 0 saturated heterocycles. The third-order valence-electron chi connectivity index (χ3n) is 7.09. The summed E-state index contributed by atoms with van der Waals surface area (Å²) in [6.45, 7) is 0. The first-order chi connectivity index (χ1) is 18.1. The molecule has 37 heavy (non-hydrogen) atoms. The van der Waals surface area contributed by atoms with Crippen LogP contribution in [0.5, 0.6) is 0 Å². The number of aryl methyl sites for hydroxylation is 2. The van der Waals surface area contributed by atoms with E-state index in [0.29, 0.717) is 16.3 Å².